The second-order valence-corrected chi connectivity index (χ2v) is 4.55. The van der Waals surface area contributed by atoms with Crippen molar-refractivity contribution < 1.29 is 9.90 Å². The molecular formula is C11H12N4O2S. The summed E-state index contributed by atoms with van der Waals surface area (Å²) in [5.41, 5.74) is 3.29. The normalized spacial score (nSPS) is 10.3. The van der Waals surface area contributed by atoms with Gasteiger partial charge in [-0.15, -0.1) is 11.3 Å². The Morgan fingerprint density at radius 3 is 2.89 bits per heavy atom. The highest BCUT2D eigenvalue weighted by atomic mass is 32.1. The van der Waals surface area contributed by atoms with Gasteiger partial charge in [-0.2, -0.15) is 0 Å². The molecule has 0 fully saturated rings. The van der Waals surface area contributed by atoms with E-state index in [1.807, 2.05) is 5.38 Å². The summed E-state index contributed by atoms with van der Waals surface area (Å²) in [7, 11) is 1.81. The van der Waals surface area contributed by atoms with Gasteiger partial charge in [0.15, 0.2) is 5.69 Å². The minimum atomic E-state index is -1.05. The van der Waals surface area contributed by atoms with E-state index >= 15 is 0 Å². The summed E-state index contributed by atoms with van der Waals surface area (Å²) in [5, 5.41) is 10.9. The third-order valence-corrected chi connectivity index (χ3v) is 2.92. The van der Waals surface area contributed by atoms with Crippen LogP contribution in [0.2, 0.25) is 0 Å². The fourth-order valence-corrected chi connectivity index (χ4v) is 2.01. The van der Waals surface area contributed by atoms with Crippen LogP contribution >= 0.6 is 11.3 Å². The van der Waals surface area contributed by atoms with Crippen LogP contribution in [0.4, 0.5) is 5.95 Å². The lowest BCUT2D eigenvalue weighted by Crippen LogP contribution is -2.21. The summed E-state index contributed by atoms with van der Waals surface area (Å²) in [5.74, 6) is -0.663. The molecule has 2 aromatic rings. The molecule has 7 heteroatoms. The molecule has 2 aromatic heterocycles. The number of hydrogen-bond acceptors (Lipinski definition) is 6. The van der Waals surface area contributed by atoms with E-state index in [4.69, 9.17) is 5.11 Å². The van der Waals surface area contributed by atoms with E-state index in [1.165, 1.54) is 17.4 Å². The first-order chi connectivity index (χ1) is 8.56. The molecule has 2 heterocycles. The van der Waals surface area contributed by atoms with E-state index in [9.17, 15) is 4.79 Å². The van der Waals surface area contributed by atoms with Gasteiger partial charge in [-0.1, -0.05) is 0 Å². The smallest absolute Gasteiger partial charge is 0.354 e. The van der Waals surface area contributed by atoms with Crippen molar-refractivity contribution in [2.24, 2.45) is 0 Å². The molecule has 0 spiro atoms. The highest BCUT2D eigenvalue weighted by Gasteiger charge is 2.12. The van der Waals surface area contributed by atoms with Crippen LogP contribution in [-0.2, 0) is 6.54 Å². The average molecular weight is 264 g/mol. The molecule has 1 N–H and O–H groups in total. The van der Waals surface area contributed by atoms with Crippen molar-refractivity contribution in [2.75, 3.05) is 11.9 Å². The number of hydrogen-bond donors (Lipinski definition) is 1. The molecule has 0 saturated heterocycles. The number of aromatic nitrogens is 3. The minimum absolute atomic E-state index is 0.00243. The molecule has 2 rings (SSSR count). The average Bonchev–Trinajstić information content (AvgIpc) is 2.80. The zero-order chi connectivity index (χ0) is 13.1. The van der Waals surface area contributed by atoms with E-state index < -0.39 is 5.97 Å². The number of carbonyl (C=O) groups is 1. The van der Waals surface area contributed by atoms with Gasteiger partial charge in [0.25, 0.3) is 0 Å². The Morgan fingerprint density at radius 1 is 1.50 bits per heavy atom. The molecule has 18 heavy (non-hydrogen) atoms. The summed E-state index contributed by atoms with van der Waals surface area (Å²) < 4.78 is 0. The number of rotatable bonds is 4. The Labute approximate surface area is 108 Å². The molecular weight excluding hydrogens is 252 g/mol. The molecule has 6 nitrogen and oxygen atoms in total. The topological polar surface area (TPSA) is 79.2 Å². The molecule has 0 aliphatic heterocycles. The fraction of sp³-hybridized carbons (Fsp3) is 0.273. The molecule has 0 saturated carbocycles. The molecule has 0 atom stereocenters. The Morgan fingerprint density at radius 2 is 2.28 bits per heavy atom. The van der Waals surface area contributed by atoms with Crippen molar-refractivity contribution >= 4 is 23.3 Å². The Kier molecular flexibility index (Phi) is 3.52. The summed E-state index contributed by atoms with van der Waals surface area (Å²) in [6.45, 7) is 2.29. The van der Waals surface area contributed by atoms with Gasteiger partial charge in [-0.25, -0.2) is 19.7 Å². The third-order valence-electron chi connectivity index (χ3n) is 2.29. The summed E-state index contributed by atoms with van der Waals surface area (Å²) in [6.07, 6.45) is 0. The van der Waals surface area contributed by atoms with Crippen molar-refractivity contribution in [3.05, 3.63) is 34.0 Å². The van der Waals surface area contributed by atoms with Gasteiger partial charge in [0.2, 0.25) is 5.95 Å². The maximum Gasteiger partial charge on any atom is 0.354 e. The quantitative estimate of drug-likeness (QED) is 0.903. The summed E-state index contributed by atoms with van der Waals surface area (Å²) in [6, 6.07) is 1.45. The SMILES string of the molecule is Cc1cc(C(=O)O)nc(N(C)Cc2cscn2)n1. The Bertz CT molecular complexity index is 556. The molecule has 0 unspecified atom stereocenters. The lowest BCUT2D eigenvalue weighted by Gasteiger charge is -2.16. The first-order valence-electron chi connectivity index (χ1n) is 5.23. The monoisotopic (exact) mass is 264 g/mol. The highest BCUT2D eigenvalue weighted by Crippen LogP contribution is 2.12. The van der Waals surface area contributed by atoms with Crippen molar-refractivity contribution in [3.63, 3.8) is 0 Å². The van der Waals surface area contributed by atoms with Crippen LogP contribution in [-0.4, -0.2) is 33.1 Å². The highest BCUT2D eigenvalue weighted by molar-refractivity contribution is 7.07. The molecule has 0 aliphatic rings. The Hall–Kier alpha value is -2.02. The minimum Gasteiger partial charge on any atom is -0.477 e. The van der Waals surface area contributed by atoms with Gasteiger partial charge in [0, 0.05) is 18.1 Å². The predicted molar refractivity (Wildman–Crippen MR) is 67.9 cm³/mol. The molecule has 0 radical (unpaired) electrons. The third kappa shape index (κ3) is 2.80. The van der Waals surface area contributed by atoms with E-state index in [1.54, 1.807) is 24.4 Å². The maximum atomic E-state index is 10.9. The predicted octanol–water partition coefficient (Wildman–Crippen LogP) is 1.58. The van der Waals surface area contributed by atoms with Gasteiger partial charge >= 0.3 is 5.97 Å². The zero-order valence-corrected chi connectivity index (χ0v) is 10.8. The maximum absolute atomic E-state index is 10.9. The van der Waals surface area contributed by atoms with Crippen molar-refractivity contribution in [3.8, 4) is 0 Å². The molecule has 0 aromatic carbocycles. The fourth-order valence-electron chi connectivity index (χ4n) is 1.46. The largest absolute Gasteiger partial charge is 0.477 e. The van der Waals surface area contributed by atoms with Crippen molar-refractivity contribution in [1.82, 2.24) is 15.0 Å². The number of nitrogens with zero attached hydrogens (tertiary/aromatic N) is 4. The van der Waals surface area contributed by atoms with Crippen LogP contribution in [0.1, 0.15) is 21.9 Å². The van der Waals surface area contributed by atoms with Gasteiger partial charge in [0.05, 0.1) is 17.7 Å². The van der Waals surface area contributed by atoms with E-state index in [0.29, 0.717) is 18.2 Å². The van der Waals surface area contributed by atoms with Crippen LogP contribution in [0.3, 0.4) is 0 Å². The zero-order valence-electron chi connectivity index (χ0n) is 9.99. The van der Waals surface area contributed by atoms with Crippen LogP contribution in [0.25, 0.3) is 0 Å². The first-order valence-corrected chi connectivity index (χ1v) is 6.17. The number of anilines is 1. The van der Waals surface area contributed by atoms with E-state index in [2.05, 4.69) is 15.0 Å². The molecule has 94 valence electrons. The van der Waals surface area contributed by atoms with E-state index in [-0.39, 0.29) is 5.69 Å². The second-order valence-electron chi connectivity index (χ2n) is 3.84. The van der Waals surface area contributed by atoms with Crippen LogP contribution in [0.15, 0.2) is 17.0 Å². The number of carboxylic acids is 1. The number of carboxylic acid groups (broad SMARTS) is 1. The van der Waals surface area contributed by atoms with Gasteiger partial charge in [-0.3, -0.25) is 0 Å². The second kappa shape index (κ2) is 5.09. The number of aromatic carboxylic acids is 1. The number of thiazole rings is 1. The van der Waals surface area contributed by atoms with Gasteiger partial charge in [0.1, 0.15) is 0 Å². The summed E-state index contributed by atoms with van der Waals surface area (Å²) >= 11 is 1.52. The van der Waals surface area contributed by atoms with Crippen LogP contribution < -0.4 is 4.90 Å². The Balaban J connectivity index is 2.24. The van der Waals surface area contributed by atoms with E-state index in [0.717, 1.165) is 5.69 Å². The van der Waals surface area contributed by atoms with Crippen molar-refractivity contribution in [1.29, 1.82) is 0 Å². The lowest BCUT2D eigenvalue weighted by molar-refractivity contribution is 0.0690. The number of aryl methyl sites for hydroxylation is 1. The molecule has 0 amide bonds. The van der Waals surface area contributed by atoms with Gasteiger partial charge in [-0.05, 0) is 13.0 Å². The first kappa shape index (κ1) is 12.4. The standard InChI is InChI=1S/C11H12N4O2S/c1-7-3-9(10(16)17)14-11(13-7)15(2)4-8-5-18-6-12-8/h3,5-6H,4H2,1-2H3,(H,16,17). The van der Waals surface area contributed by atoms with Gasteiger partial charge < -0.3 is 10.0 Å². The summed E-state index contributed by atoms with van der Waals surface area (Å²) in [4.78, 5) is 25.1. The van der Waals surface area contributed by atoms with Crippen molar-refractivity contribution in [2.45, 2.75) is 13.5 Å². The molecule has 0 aliphatic carbocycles. The molecule has 0 bridgehead atoms. The lowest BCUT2D eigenvalue weighted by atomic mass is 10.3. The van der Waals surface area contributed by atoms with Crippen LogP contribution in [0.5, 0.6) is 0 Å². The van der Waals surface area contributed by atoms with Crippen LogP contribution in [0, 0.1) is 6.92 Å².